The number of hydrogen-bond donors (Lipinski definition) is 3. The summed E-state index contributed by atoms with van der Waals surface area (Å²) in [4.78, 5) is 13.5. The molecule has 0 rings (SSSR count). The van der Waals surface area contributed by atoms with Crippen molar-refractivity contribution in [3.8, 4) is 0 Å². The van der Waals surface area contributed by atoms with Gasteiger partial charge in [-0.3, -0.25) is 0 Å². The van der Waals surface area contributed by atoms with Crippen molar-refractivity contribution in [1.82, 2.24) is 0 Å². The van der Waals surface area contributed by atoms with Crippen LogP contribution < -0.4 is 11.5 Å². The van der Waals surface area contributed by atoms with Gasteiger partial charge in [0.25, 0.3) is 0 Å². The van der Waals surface area contributed by atoms with Crippen molar-refractivity contribution in [3.63, 3.8) is 0 Å². The van der Waals surface area contributed by atoms with Gasteiger partial charge in [-0.2, -0.15) is 13.2 Å². The minimum atomic E-state index is -4.79. The molecule has 0 aliphatic rings. The van der Waals surface area contributed by atoms with Crippen molar-refractivity contribution < 1.29 is 23.1 Å². The maximum Gasteiger partial charge on any atom is 0.448 e. The summed E-state index contributed by atoms with van der Waals surface area (Å²) in [5.41, 5.74) is 9.80. The molecule has 0 radical (unpaired) electrons. The number of hydrogen-bond acceptors (Lipinski definition) is 3. The Kier molecular flexibility index (Phi) is 5.79. The number of halogens is 3. The fourth-order valence-corrected chi connectivity index (χ4v) is 0.966. The monoisotopic (exact) mass is 241 g/mol. The summed E-state index contributed by atoms with van der Waals surface area (Å²) in [5, 5.41) is 8.63. The van der Waals surface area contributed by atoms with Crippen molar-refractivity contribution in [2.75, 3.05) is 6.54 Å². The second-order valence-corrected chi connectivity index (χ2v) is 3.15. The van der Waals surface area contributed by atoms with E-state index in [4.69, 9.17) is 10.8 Å². The quantitative estimate of drug-likeness (QED) is 0.357. The van der Waals surface area contributed by atoms with Crippen molar-refractivity contribution in [1.29, 1.82) is 0 Å². The van der Waals surface area contributed by atoms with Crippen LogP contribution in [0.4, 0.5) is 13.2 Å². The molecule has 0 saturated carbocycles. The Morgan fingerprint density at radius 3 is 2.31 bits per heavy atom. The second-order valence-electron chi connectivity index (χ2n) is 3.15. The van der Waals surface area contributed by atoms with E-state index in [9.17, 15) is 18.0 Å². The predicted octanol–water partition coefficient (Wildman–Crippen LogP) is 0.488. The molecular formula is C8H14F3N3O2. The molecule has 0 aliphatic carbocycles. The first-order valence-corrected chi connectivity index (χ1v) is 4.62. The molecule has 0 amide bonds. The molecule has 0 aromatic rings. The highest BCUT2D eigenvalue weighted by Crippen LogP contribution is 2.16. The number of rotatable bonds is 6. The number of carbonyl (C=O) groups is 1. The average Bonchev–Trinajstić information content (AvgIpc) is 2.14. The highest BCUT2D eigenvalue weighted by molar-refractivity contribution is 5.88. The van der Waals surface area contributed by atoms with Crippen molar-refractivity contribution in [2.24, 2.45) is 16.5 Å². The molecule has 0 saturated heterocycles. The lowest BCUT2D eigenvalue weighted by molar-refractivity contribution is -0.138. The zero-order valence-corrected chi connectivity index (χ0v) is 8.50. The molecule has 8 heteroatoms. The minimum absolute atomic E-state index is 0.0106. The largest absolute Gasteiger partial charge is 0.480 e. The van der Waals surface area contributed by atoms with E-state index in [2.05, 4.69) is 10.7 Å². The lowest BCUT2D eigenvalue weighted by atomic mass is 10.1. The van der Waals surface area contributed by atoms with E-state index in [1.807, 2.05) is 0 Å². The molecule has 0 aliphatic heterocycles. The van der Waals surface area contributed by atoms with Gasteiger partial charge in [-0.05, 0) is 25.8 Å². The lowest BCUT2D eigenvalue weighted by Crippen LogP contribution is -2.34. The van der Waals surface area contributed by atoms with Gasteiger partial charge in [0.15, 0.2) is 0 Å². The molecule has 0 aromatic heterocycles. The van der Waals surface area contributed by atoms with Gasteiger partial charge in [0.2, 0.25) is 5.84 Å². The van der Waals surface area contributed by atoms with Gasteiger partial charge in [0.1, 0.15) is 6.04 Å². The summed E-state index contributed by atoms with van der Waals surface area (Å²) in [6.45, 7) is 0.352. The van der Waals surface area contributed by atoms with Crippen LogP contribution in [0.2, 0.25) is 0 Å². The number of carboxylic acid groups (broad SMARTS) is 1. The van der Waals surface area contributed by atoms with Crippen LogP contribution in [0.15, 0.2) is 4.99 Å². The second kappa shape index (κ2) is 6.31. The first-order chi connectivity index (χ1) is 7.29. The van der Waals surface area contributed by atoms with E-state index in [1.54, 1.807) is 0 Å². The number of nitrogens with zero attached hydrogens (tertiary/aromatic N) is 1. The summed E-state index contributed by atoms with van der Waals surface area (Å²) >= 11 is 0. The highest BCUT2D eigenvalue weighted by Gasteiger charge is 2.34. The highest BCUT2D eigenvalue weighted by atomic mass is 19.4. The Bertz CT molecular complexity index is 266. The fourth-order valence-electron chi connectivity index (χ4n) is 0.966. The summed E-state index contributed by atoms with van der Waals surface area (Å²) in [7, 11) is 0. The van der Waals surface area contributed by atoms with E-state index >= 15 is 0 Å². The minimum Gasteiger partial charge on any atom is -0.480 e. The molecule has 1 atom stereocenters. The van der Waals surface area contributed by atoms with Crippen LogP contribution >= 0.6 is 0 Å². The Balaban J connectivity index is 4.50. The number of carboxylic acids is 1. The van der Waals surface area contributed by atoms with Crippen molar-refractivity contribution >= 4 is 11.8 Å². The lowest BCUT2D eigenvalue weighted by Gasteiger charge is -2.10. The Hall–Kier alpha value is -1.31. The summed E-state index contributed by atoms with van der Waals surface area (Å²) < 4.78 is 36.0. The van der Waals surface area contributed by atoms with E-state index in [0.717, 1.165) is 0 Å². The first-order valence-electron chi connectivity index (χ1n) is 4.62. The van der Waals surface area contributed by atoms with E-state index < -0.39 is 24.0 Å². The van der Waals surface area contributed by atoms with Crippen LogP contribution in [0, 0.1) is 0 Å². The smallest absolute Gasteiger partial charge is 0.448 e. The molecule has 16 heavy (non-hydrogen) atoms. The number of unbranched alkanes of at least 4 members (excludes halogenated alkanes) is 1. The Morgan fingerprint density at radius 1 is 1.38 bits per heavy atom. The zero-order valence-electron chi connectivity index (χ0n) is 8.50. The third kappa shape index (κ3) is 5.54. The molecule has 94 valence electrons. The third-order valence-electron chi connectivity index (χ3n) is 1.80. The Labute approximate surface area is 90.3 Å². The first kappa shape index (κ1) is 14.7. The van der Waals surface area contributed by atoms with Gasteiger partial charge in [-0.15, -0.1) is 0 Å². The summed E-state index contributed by atoms with van der Waals surface area (Å²) in [6, 6.07) is -1.46. The summed E-state index contributed by atoms with van der Waals surface area (Å²) in [6.07, 6.45) is -3.88. The third-order valence-corrected chi connectivity index (χ3v) is 1.80. The van der Waals surface area contributed by atoms with Crippen LogP contribution in [0.5, 0.6) is 0 Å². The van der Waals surface area contributed by atoms with Gasteiger partial charge in [-0.25, -0.2) is 9.79 Å². The van der Waals surface area contributed by atoms with Crippen LogP contribution in [-0.4, -0.2) is 35.7 Å². The topological polar surface area (TPSA) is 102 Å². The normalized spacial score (nSPS) is 14.9. The summed E-state index contributed by atoms with van der Waals surface area (Å²) in [5.74, 6) is -3.04. The SMILES string of the molecule is NCCCC[C@H](N=C(N)C(F)(F)F)C(=O)O. The number of aliphatic carboxylic acids is 1. The molecule has 0 spiro atoms. The van der Waals surface area contributed by atoms with Crippen molar-refractivity contribution in [3.05, 3.63) is 0 Å². The van der Waals surface area contributed by atoms with Crippen molar-refractivity contribution in [2.45, 2.75) is 31.5 Å². The molecule has 0 fully saturated rings. The number of aliphatic imine (C=N–C) groups is 1. The standard InChI is InChI=1S/C8H14F3N3O2/c9-8(10,11)7(13)14-5(6(15)16)3-1-2-4-12/h5H,1-4,12H2,(H2,13,14)(H,15,16)/t5-/m0/s1. The van der Waals surface area contributed by atoms with Crippen LogP contribution in [0.3, 0.4) is 0 Å². The number of alkyl halides is 3. The molecule has 5 nitrogen and oxygen atoms in total. The molecule has 0 heterocycles. The van der Waals surface area contributed by atoms with Crippen LogP contribution in [-0.2, 0) is 4.79 Å². The van der Waals surface area contributed by atoms with Gasteiger partial charge in [0.05, 0.1) is 0 Å². The fraction of sp³-hybridized carbons (Fsp3) is 0.750. The maximum absolute atomic E-state index is 12.0. The molecule has 0 unspecified atom stereocenters. The number of amidine groups is 1. The molecule has 0 bridgehead atoms. The van der Waals surface area contributed by atoms with Crippen LogP contribution in [0.25, 0.3) is 0 Å². The molecule has 5 N–H and O–H groups in total. The zero-order chi connectivity index (χ0) is 12.8. The van der Waals surface area contributed by atoms with E-state index in [1.165, 1.54) is 0 Å². The Morgan fingerprint density at radius 2 is 1.94 bits per heavy atom. The molecule has 0 aromatic carbocycles. The average molecular weight is 241 g/mol. The van der Waals surface area contributed by atoms with Crippen LogP contribution in [0.1, 0.15) is 19.3 Å². The predicted molar refractivity (Wildman–Crippen MR) is 52.0 cm³/mol. The van der Waals surface area contributed by atoms with Gasteiger partial charge < -0.3 is 16.6 Å². The van der Waals surface area contributed by atoms with Gasteiger partial charge >= 0.3 is 12.1 Å². The maximum atomic E-state index is 12.0. The van der Waals surface area contributed by atoms with Gasteiger partial charge in [-0.1, -0.05) is 0 Å². The van der Waals surface area contributed by atoms with E-state index in [0.29, 0.717) is 19.4 Å². The molecular weight excluding hydrogens is 227 g/mol. The van der Waals surface area contributed by atoms with E-state index in [-0.39, 0.29) is 6.42 Å². The van der Waals surface area contributed by atoms with Gasteiger partial charge in [0, 0.05) is 0 Å². The number of nitrogens with two attached hydrogens (primary N) is 2.